The number of aromatic nitrogens is 2. The number of aryl methyl sites for hydroxylation is 1. The highest BCUT2D eigenvalue weighted by molar-refractivity contribution is 7.13. The highest BCUT2D eigenvalue weighted by Crippen LogP contribution is 2.33. The summed E-state index contributed by atoms with van der Waals surface area (Å²) in [5, 5.41) is 3.07. The van der Waals surface area contributed by atoms with E-state index in [0.29, 0.717) is 19.6 Å². The number of nitrogens with zero attached hydrogens (tertiary/aromatic N) is 3. The predicted octanol–water partition coefficient (Wildman–Crippen LogP) is 4.61. The van der Waals surface area contributed by atoms with Crippen LogP contribution in [-0.2, 0) is 16.0 Å². The second-order valence-electron chi connectivity index (χ2n) is 6.51. The largest absolute Gasteiger partial charge is 0.383 e. The summed E-state index contributed by atoms with van der Waals surface area (Å²) < 4.78 is 5.18. The molecule has 4 rings (SSSR count). The Bertz CT molecular complexity index is 946. The number of thiazole rings is 1. The van der Waals surface area contributed by atoms with E-state index in [1.807, 2.05) is 17.0 Å². The van der Waals surface area contributed by atoms with Crippen molar-refractivity contribution < 1.29 is 9.53 Å². The van der Waals surface area contributed by atoms with Gasteiger partial charge in [-0.1, -0.05) is 6.07 Å². The van der Waals surface area contributed by atoms with Crippen LogP contribution in [0.25, 0.3) is 21.8 Å². The molecule has 1 aliphatic heterocycles. The summed E-state index contributed by atoms with van der Waals surface area (Å²) in [4.78, 5) is 23.2. The molecule has 3 heterocycles. The van der Waals surface area contributed by atoms with Crippen LogP contribution in [0, 0.1) is 0 Å². The number of carbonyl (C=O) groups is 1. The van der Waals surface area contributed by atoms with Gasteiger partial charge in [0, 0.05) is 54.7 Å². The molecule has 0 unspecified atom stereocenters. The van der Waals surface area contributed by atoms with Gasteiger partial charge in [0.15, 0.2) is 0 Å². The lowest BCUT2D eigenvalue weighted by molar-refractivity contribution is -0.118. The molecule has 1 amide bonds. The molecule has 0 bridgehead atoms. The number of halogens is 1. The fraction of sp³-hybridized carbons (Fsp3) is 0.286. The summed E-state index contributed by atoms with van der Waals surface area (Å²) in [6, 6.07) is 10.2. The molecule has 0 spiro atoms. The molecule has 5 nitrogen and oxygen atoms in total. The van der Waals surface area contributed by atoms with E-state index in [2.05, 4.69) is 28.6 Å². The highest BCUT2D eigenvalue weighted by atomic mass is 35.5. The third-order valence-electron chi connectivity index (χ3n) is 4.75. The lowest BCUT2D eigenvalue weighted by atomic mass is 10.0. The van der Waals surface area contributed by atoms with Crippen LogP contribution in [0.2, 0.25) is 0 Å². The minimum absolute atomic E-state index is 0. The molecular formula is C21H22ClN3O2S. The van der Waals surface area contributed by atoms with Gasteiger partial charge in [-0.15, -0.1) is 23.7 Å². The van der Waals surface area contributed by atoms with Gasteiger partial charge in [0.25, 0.3) is 0 Å². The first-order chi connectivity index (χ1) is 13.3. The molecule has 0 saturated carbocycles. The fourth-order valence-electron chi connectivity index (χ4n) is 3.37. The lowest BCUT2D eigenvalue weighted by Gasteiger charge is -2.23. The normalized spacial score (nSPS) is 13.6. The molecular weight excluding hydrogens is 394 g/mol. The van der Waals surface area contributed by atoms with Crippen molar-refractivity contribution in [3.63, 3.8) is 0 Å². The first-order valence-corrected chi connectivity index (χ1v) is 9.93. The number of carbonyl (C=O) groups excluding carboxylic acids is 1. The average molecular weight is 416 g/mol. The van der Waals surface area contributed by atoms with Crippen molar-refractivity contribution in [1.29, 1.82) is 0 Å². The Morgan fingerprint density at radius 1 is 1.14 bits per heavy atom. The van der Waals surface area contributed by atoms with Gasteiger partial charge in [0.2, 0.25) is 5.91 Å². The zero-order valence-corrected chi connectivity index (χ0v) is 17.3. The molecule has 3 aromatic rings. The molecule has 146 valence electrons. The van der Waals surface area contributed by atoms with E-state index in [1.54, 1.807) is 30.8 Å². The van der Waals surface area contributed by atoms with Gasteiger partial charge in [0.05, 0.1) is 12.3 Å². The van der Waals surface area contributed by atoms with Gasteiger partial charge in [-0.2, -0.15) is 0 Å². The van der Waals surface area contributed by atoms with Crippen LogP contribution >= 0.6 is 23.7 Å². The van der Waals surface area contributed by atoms with Crippen LogP contribution in [0.3, 0.4) is 0 Å². The number of anilines is 1. The van der Waals surface area contributed by atoms with Crippen LogP contribution in [0.1, 0.15) is 18.4 Å². The molecule has 7 heteroatoms. The average Bonchev–Trinajstić information content (AvgIpc) is 3.14. The van der Waals surface area contributed by atoms with Crippen LogP contribution in [0.5, 0.6) is 0 Å². The van der Waals surface area contributed by atoms with Crippen molar-refractivity contribution >= 4 is 35.3 Å². The maximum Gasteiger partial charge on any atom is 0.227 e. The molecule has 1 aliphatic rings. The topological polar surface area (TPSA) is 55.3 Å². The summed E-state index contributed by atoms with van der Waals surface area (Å²) in [6.45, 7) is 1.12. The van der Waals surface area contributed by atoms with Gasteiger partial charge >= 0.3 is 0 Å². The number of amides is 1. The smallest absolute Gasteiger partial charge is 0.227 e. The Morgan fingerprint density at radius 3 is 2.75 bits per heavy atom. The Labute approximate surface area is 174 Å². The van der Waals surface area contributed by atoms with Gasteiger partial charge in [-0.05, 0) is 42.7 Å². The number of pyridine rings is 1. The number of methoxy groups -OCH3 is 1. The molecule has 28 heavy (non-hydrogen) atoms. The Balaban J connectivity index is 0.00000225. The quantitative estimate of drug-likeness (QED) is 0.610. The Morgan fingerprint density at radius 2 is 1.96 bits per heavy atom. The Kier molecular flexibility index (Phi) is 6.78. The molecule has 0 saturated heterocycles. The van der Waals surface area contributed by atoms with Gasteiger partial charge in [-0.25, -0.2) is 4.98 Å². The summed E-state index contributed by atoms with van der Waals surface area (Å²) >= 11 is 1.63. The lowest BCUT2D eigenvalue weighted by Crippen LogP contribution is -2.33. The molecule has 0 atom stereocenters. The zero-order valence-electron chi connectivity index (χ0n) is 15.6. The highest BCUT2D eigenvalue weighted by Gasteiger charge is 2.22. The molecule has 2 aromatic heterocycles. The van der Waals surface area contributed by atoms with E-state index >= 15 is 0 Å². The van der Waals surface area contributed by atoms with E-state index in [-0.39, 0.29) is 18.3 Å². The third kappa shape index (κ3) is 4.24. The summed E-state index contributed by atoms with van der Waals surface area (Å²) in [7, 11) is 1.66. The summed E-state index contributed by atoms with van der Waals surface area (Å²) in [5.41, 5.74) is 5.34. The SMILES string of the molecule is COCCN1C(=O)CCCc2cc(-c3csc(-c4ccncc4)n3)ccc21.Cl. The monoisotopic (exact) mass is 415 g/mol. The van der Waals surface area contributed by atoms with E-state index < -0.39 is 0 Å². The standard InChI is InChI=1S/C21H21N3O2S.ClH/c1-26-12-11-24-19-6-5-16(13-17(19)3-2-4-20(24)25)18-14-27-21(23-18)15-7-9-22-10-8-15;/h5-10,13-14H,2-4,11-12H2,1H3;1H. The van der Waals surface area contributed by atoms with Crippen molar-refractivity contribution in [2.24, 2.45) is 0 Å². The summed E-state index contributed by atoms with van der Waals surface area (Å²) in [6.07, 6.45) is 5.92. The summed E-state index contributed by atoms with van der Waals surface area (Å²) in [5.74, 6) is 0.173. The van der Waals surface area contributed by atoms with Gasteiger partial charge in [0.1, 0.15) is 5.01 Å². The van der Waals surface area contributed by atoms with E-state index in [1.165, 1.54) is 5.56 Å². The minimum Gasteiger partial charge on any atom is -0.383 e. The molecule has 0 fully saturated rings. The van der Waals surface area contributed by atoms with Crippen LogP contribution in [0.4, 0.5) is 5.69 Å². The van der Waals surface area contributed by atoms with E-state index in [4.69, 9.17) is 9.72 Å². The number of rotatable bonds is 5. The molecule has 0 radical (unpaired) electrons. The second-order valence-corrected chi connectivity index (χ2v) is 7.37. The van der Waals surface area contributed by atoms with E-state index in [9.17, 15) is 4.79 Å². The number of hydrogen-bond donors (Lipinski definition) is 0. The van der Waals surface area contributed by atoms with Crippen molar-refractivity contribution in [2.75, 3.05) is 25.2 Å². The first-order valence-electron chi connectivity index (χ1n) is 9.05. The van der Waals surface area contributed by atoms with Crippen LogP contribution in [0.15, 0.2) is 48.1 Å². The third-order valence-corrected chi connectivity index (χ3v) is 5.65. The van der Waals surface area contributed by atoms with Crippen LogP contribution < -0.4 is 4.90 Å². The Hall–Kier alpha value is -2.28. The number of benzene rings is 1. The fourth-order valence-corrected chi connectivity index (χ4v) is 4.20. The second kappa shape index (κ2) is 9.28. The van der Waals surface area contributed by atoms with Crippen molar-refractivity contribution in [3.05, 3.63) is 53.7 Å². The van der Waals surface area contributed by atoms with Gasteiger partial charge in [-0.3, -0.25) is 9.78 Å². The van der Waals surface area contributed by atoms with Crippen LogP contribution in [-0.4, -0.2) is 36.1 Å². The maximum absolute atomic E-state index is 12.5. The molecule has 0 N–H and O–H groups in total. The predicted molar refractivity (Wildman–Crippen MR) is 115 cm³/mol. The van der Waals surface area contributed by atoms with Gasteiger partial charge < -0.3 is 9.64 Å². The molecule has 0 aliphatic carbocycles. The van der Waals surface area contributed by atoms with E-state index in [0.717, 1.165) is 40.4 Å². The number of ether oxygens (including phenoxy) is 1. The molecule has 1 aromatic carbocycles. The maximum atomic E-state index is 12.5. The number of fused-ring (bicyclic) bond motifs is 1. The van der Waals surface area contributed by atoms with Crippen molar-refractivity contribution in [2.45, 2.75) is 19.3 Å². The minimum atomic E-state index is 0. The number of hydrogen-bond acceptors (Lipinski definition) is 5. The van der Waals surface area contributed by atoms with Crippen molar-refractivity contribution in [1.82, 2.24) is 9.97 Å². The zero-order chi connectivity index (χ0) is 18.6. The van der Waals surface area contributed by atoms with Crippen molar-refractivity contribution in [3.8, 4) is 21.8 Å². The first kappa shape index (κ1) is 20.5.